The summed E-state index contributed by atoms with van der Waals surface area (Å²) in [5.41, 5.74) is 0.252. The molecule has 32 heavy (non-hydrogen) atoms. The van der Waals surface area contributed by atoms with Crippen LogP contribution in [-0.2, 0) is 10.0 Å². The second kappa shape index (κ2) is 9.46. The molecule has 1 aromatic heterocycles. The van der Waals surface area contributed by atoms with Crippen LogP contribution < -0.4 is 10.0 Å². The Kier molecular flexibility index (Phi) is 7.09. The van der Waals surface area contributed by atoms with Crippen LogP contribution in [0.4, 0.5) is 5.69 Å². The molecule has 0 saturated carbocycles. The third-order valence-electron chi connectivity index (χ3n) is 4.47. The van der Waals surface area contributed by atoms with E-state index in [0.29, 0.717) is 10.6 Å². The molecule has 0 saturated heterocycles. The zero-order chi connectivity index (χ0) is 23.6. The Balaban J connectivity index is 2.07. The van der Waals surface area contributed by atoms with Crippen LogP contribution in [0.2, 0.25) is 15.1 Å². The Morgan fingerprint density at radius 1 is 1.00 bits per heavy atom. The highest BCUT2D eigenvalue weighted by atomic mass is 35.5. The molecule has 0 spiro atoms. The van der Waals surface area contributed by atoms with Crippen LogP contribution in [0, 0.1) is 6.92 Å². The number of nitrogens with one attached hydrogen (secondary N) is 2. The van der Waals surface area contributed by atoms with Gasteiger partial charge in [0.1, 0.15) is 5.69 Å². The van der Waals surface area contributed by atoms with Gasteiger partial charge < -0.3 is 5.32 Å². The molecule has 0 atom stereocenters. The van der Waals surface area contributed by atoms with E-state index in [2.05, 4.69) is 15.0 Å². The molecule has 1 heterocycles. The number of aromatic nitrogens is 1. The molecule has 0 fully saturated rings. The lowest BCUT2D eigenvalue weighted by molar-refractivity contribution is 0.0963. The minimum absolute atomic E-state index is 0.0228. The predicted octanol–water partition coefficient (Wildman–Crippen LogP) is 4.74. The molecular weight excluding hydrogens is 497 g/mol. The molecule has 1 amide bonds. The molecule has 0 aliphatic rings. The molecule has 2 N–H and O–H groups in total. The lowest BCUT2D eigenvalue weighted by Gasteiger charge is -2.14. The quantitative estimate of drug-likeness (QED) is 0.464. The van der Waals surface area contributed by atoms with Crippen LogP contribution in [0.1, 0.15) is 32.0 Å². The smallest absolute Gasteiger partial charge is 0.261 e. The van der Waals surface area contributed by atoms with E-state index in [0.717, 1.165) is 0 Å². The van der Waals surface area contributed by atoms with Crippen LogP contribution in [0.25, 0.3) is 0 Å². The zero-order valence-electron chi connectivity index (χ0n) is 16.7. The number of rotatable bonds is 6. The summed E-state index contributed by atoms with van der Waals surface area (Å²) >= 11 is 18.3. The first kappa shape index (κ1) is 24.0. The van der Waals surface area contributed by atoms with Crippen LogP contribution in [0.3, 0.4) is 0 Å². The van der Waals surface area contributed by atoms with Crippen LogP contribution in [-0.4, -0.2) is 32.1 Å². The molecule has 0 unspecified atom stereocenters. The summed E-state index contributed by atoms with van der Waals surface area (Å²) in [7, 11) is -2.67. The number of pyridine rings is 1. The van der Waals surface area contributed by atoms with Gasteiger partial charge in [-0.1, -0.05) is 40.9 Å². The monoisotopic (exact) mass is 511 g/mol. The highest BCUT2D eigenvalue weighted by molar-refractivity contribution is 7.92. The molecule has 0 aliphatic carbocycles. The largest absolute Gasteiger partial charge is 0.355 e. The van der Waals surface area contributed by atoms with Gasteiger partial charge in [0, 0.05) is 23.8 Å². The van der Waals surface area contributed by atoms with Crippen molar-refractivity contribution in [3.8, 4) is 0 Å². The molecule has 7 nitrogen and oxygen atoms in total. The van der Waals surface area contributed by atoms with E-state index in [1.807, 2.05) is 0 Å². The second-order valence-electron chi connectivity index (χ2n) is 6.64. The van der Waals surface area contributed by atoms with E-state index in [1.165, 1.54) is 55.7 Å². The number of anilines is 1. The highest BCUT2D eigenvalue weighted by Gasteiger charge is 2.24. The number of aryl methyl sites for hydroxylation is 1. The van der Waals surface area contributed by atoms with Crippen molar-refractivity contribution in [1.29, 1.82) is 0 Å². The third kappa shape index (κ3) is 4.88. The normalized spacial score (nSPS) is 11.2. The molecule has 11 heteroatoms. The summed E-state index contributed by atoms with van der Waals surface area (Å²) in [6, 6.07) is 9.80. The zero-order valence-corrected chi connectivity index (χ0v) is 19.8. The van der Waals surface area contributed by atoms with Crippen molar-refractivity contribution < 1.29 is 18.0 Å². The van der Waals surface area contributed by atoms with E-state index in [9.17, 15) is 18.0 Å². The van der Waals surface area contributed by atoms with Gasteiger partial charge >= 0.3 is 0 Å². The SMILES string of the molecule is CNC(=O)c1cccc(C(=O)c2ncc(Cl)cc2NS(=O)(=O)c2ccc(Cl)c(C)c2)c1Cl. The van der Waals surface area contributed by atoms with Crippen molar-refractivity contribution in [3.63, 3.8) is 0 Å². The number of carbonyl (C=O) groups excluding carboxylic acids is 2. The number of sulfonamides is 1. The van der Waals surface area contributed by atoms with Gasteiger partial charge in [-0.15, -0.1) is 0 Å². The second-order valence-corrected chi connectivity index (χ2v) is 9.55. The average Bonchev–Trinajstić information content (AvgIpc) is 2.74. The molecule has 0 aliphatic heterocycles. The van der Waals surface area contributed by atoms with E-state index in [-0.39, 0.29) is 37.4 Å². The van der Waals surface area contributed by atoms with E-state index >= 15 is 0 Å². The fourth-order valence-corrected chi connectivity index (χ4v) is 4.55. The first-order chi connectivity index (χ1) is 15.0. The predicted molar refractivity (Wildman–Crippen MR) is 125 cm³/mol. The number of halogens is 3. The number of ketones is 1. The van der Waals surface area contributed by atoms with Gasteiger partial charge in [0.15, 0.2) is 0 Å². The lowest BCUT2D eigenvalue weighted by atomic mass is 10.0. The minimum atomic E-state index is -4.10. The Morgan fingerprint density at radius 2 is 1.69 bits per heavy atom. The molecular formula is C21H16Cl3N3O4S. The molecule has 0 bridgehead atoms. The molecule has 166 valence electrons. The highest BCUT2D eigenvalue weighted by Crippen LogP contribution is 2.29. The maximum absolute atomic E-state index is 13.2. The molecule has 0 radical (unpaired) electrons. The van der Waals surface area contributed by atoms with Crippen LogP contribution in [0.5, 0.6) is 0 Å². The van der Waals surface area contributed by atoms with Crippen molar-refractivity contribution in [1.82, 2.24) is 10.3 Å². The van der Waals surface area contributed by atoms with E-state index in [1.54, 1.807) is 6.92 Å². The van der Waals surface area contributed by atoms with Gasteiger partial charge in [0.05, 0.1) is 26.2 Å². The van der Waals surface area contributed by atoms with Crippen molar-refractivity contribution >= 4 is 62.2 Å². The summed E-state index contributed by atoms with van der Waals surface area (Å²) in [6.07, 6.45) is 1.20. The van der Waals surface area contributed by atoms with Crippen LogP contribution >= 0.6 is 34.8 Å². The first-order valence-corrected chi connectivity index (χ1v) is 11.7. The Hall–Kier alpha value is -2.65. The van der Waals surface area contributed by atoms with Crippen molar-refractivity contribution in [2.75, 3.05) is 11.8 Å². The van der Waals surface area contributed by atoms with Gasteiger partial charge in [0.2, 0.25) is 5.78 Å². The molecule has 3 rings (SSSR count). The molecule has 2 aromatic carbocycles. The number of carbonyl (C=O) groups is 2. The van der Waals surface area contributed by atoms with E-state index in [4.69, 9.17) is 34.8 Å². The number of nitrogens with zero attached hydrogens (tertiary/aromatic N) is 1. The lowest BCUT2D eigenvalue weighted by Crippen LogP contribution is -2.20. The number of benzene rings is 2. The Bertz CT molecular complexity index is 1340. The van der Waals surface area contributed by atoms with Gasteiger partial charge in [-0.05, 0) is 48.9 Å². The summed E-state index contributed by atoms with van der Waals surface area (Å²) in [6.45, 7) is 1.67. The van der Waals surface area contributed by atoms with Gasteiger partial charge in [-0.3, -0.25) is 14.3 Å². The maximum atomic E-state index is 13.2. The van der Waals surface area contributed by atoms with Gasteiger partial charge in [-0.25, -0.2) is 13.4 Å². The Morgan fingerprint density at radius 3 is 2.34 bits per heavy atom. The molecule has 3 aromatic rings. The minimum Gasteiger partial charge on any atom is -0.355 e. The summed E-state index contributed by atoms with van der Waals surface area (Å²) < 4.78 is 28.2. The summed E-state index contributed by atoms with van der Waals surface area (Å²) in [5.74, 6) is -1.17. The van der Waals surface area contributed by atoms with Gasteiger partial charge in [0.25, 0.3) is 15.9 Å². The average molecular weight is 513 g/mol. The van der Waals surface area contributed by atoms with Crippen molar-refractivity contribution in [2.45, 2.75) is 11.8 Å². The number of amides is 1. The van der Waals surface area contributed by atoms with E-state index < -0.39 is 21.7 Å². The summed E-state index contributed by atoms with van der Waals surface area (Å²) in [5, 5.41) is 2.87. The van der Waals surface area contributed by atoms with Crippen molar-refractivity contribution in [2.24, 2.45) is 0 Å². The van der Waals surface area contributed by atoms with Crippen molar-refractivity contribution in [3.05, 3.63) is 86.1 Å². The topological polar surface area (TPSA) is 105 Å². The van der Waals surface area contributed by atoms with Gasteiger partial charge in [-0.2, -0.15) is 0 Å². The standard InChI is InChI=1S/C21H16Cl3N3O4S/c1-11-8-13(6-7-16(11)23)32(30,31)27-17-9-12(22)10-26-19(17)20(28)14-4-3-5-15(18(14)24)21(29)25-2/h3-10,27H,1-2H3,(H,25,29). The summed E-state index contributed by atoms with van der Waals surface area (Å²) in [4.78, 5) is 29.2. The number of hydrogen-bond donors (Lipinski definition) is 2. The Labute approximate surface area is 199 Å². The first-order valence-electron chi connectivity index (χ1n) is 9.05. The maximum Gasteiger partial charge on any atom is 0.261 e. The third-order valence-corrected chi connectivity index (χ3v) is 6.87. The fraction of sp³-hybridized carbons (Fsp3) is 0.0952. The fourth-order valence-electron chi connectivity index (χ4n) is 2.83. The number of hydrogen-bond acceptors (Lipinski definition) is 5. The van der Waals surface area contributed by atoms with Crippen LogP contribution in [0.15, 0.2) is 53.6 Å².